The molecule has 8 heteroatoms. The van der Waals surface area contributed by atoms with Crippen LogP contribution in [-0.2, 0) is 7.05 Å². The molecule has 31 heavy (non-hydrogen) atoms. The number of nitrogens with zero attached hydrogens (tertiary/aromatic N) is 3. The molecular formula is C23H16Br2N4O2. The molecule has 6 aromatic rings. The number of hydrogen-bond donors (Lipinski definition) is 1. The summed E-state index contributed by atoms with van der Waals surface area (Å²) >= 11 is 6.86. The first kappa shape index (κ1) is 19.8. The highest BCUT2D eigenvalue weighted by Gasteiger charge is 2.11. The highest BCUT2D eigenvalue weighted by molar-refractivity contribution is 9.10. The Hall–Kier alpha value is -3.10. The van der Waals surface area contributed by atoms with Crippen molar-refractivity contribution in [3.05, 3.63) is 83.1 Å². The molecule has 1 N–H and O–H groups in total. The lowest BCUT2D eigenvalue weighted by Gasteiger charge is -1.95. The van der Waals surface area contributed by atoms with E-state index in [-0.39, 0.29) is 0 Å². The van der Waals surface area contributed by atoms with E-state index < -0.39 is 0 Å². The molecule has 6 rings (SSSR count). The molecule has 0 saturated carbocycles. The molecule has 6 heterocycles. The van der Waals surface area contributed by atoms with Gasteiger partial charge in [0.1, 0.15) is 11.3 Å². The summed E-state index contributed by atoms with van der Waals surface area (Å²) in [5.41, 5.74) is 6.23. The summed E-state index contributed by atoms with van der Waals surface area (Å²) in [4.78, 5) is 11.8. The number of hydrogen-bond acceptors (Lipinski definition) is 4. The second-order valence-electron chi connectivity index (χ2n) is 6.95. The van der Waals surface area contributed by atoms with Gasteiger partial charge in [0, 0.05) is 73.8 Å². The minimum atomic E-state index is 0.884. The molecule has 154 valence electrons. The average Bonchev–Trinajstić information content (AvgIpc) is 3.55. The van der Waals surface area contributed by atoms with E-state index in [1.54, 1.807) is 31.2 Å². The number of fused-ring (bicyclic) bond motifs is 2. The van der Waals surface area contributed by atoms with E-state index in [1.807, 2.05) is 42.2 Å². The third kappa shape index (κ3) is 3.84. The Balaban J connectivity index is 0.000000132. The molecule has 0 aliphatic carbocycles. The van der Waals surface area contributed by atoms with E-state index in [4.69, 9.17) is 8.83 Å². The molecule has 0 fully saturated rings. The van der Waals surface area contributed by atoms with Gasteiger partial charge in [0.15, 0.2) is 0 Å². The minimum Gasteiger partial charge on any atom is -0.472 e. The maximum absolute atomic E-state index is 5.12. The molecule has 0 amide bonds. The third-order valence-corrected chi connectivity index (χ3v) is 5.81. The van der Waals surface area contributed by atoms with Gasteiger partial charge in [-0.25, -0.2) is 9.97 Å². The van der Waals surface area contributed by atoms with Crippen molar-refractivity contribution in [3.63, 3.8) is 0 Å². The molecular weight excluding hydrogens is 524 g/mol. The fraction of sp³-hybridized carbons (Fsp3) is 0.0435. The molecule has 6 aromatic heterocycles. The van der Waals surface area contributed by atoms with Crippen LogP contribution in [0.1, 0.15) is 0 Å². The quantitative estimate of drug-likeness (QED) is 0.253. The fourth-order valence-electron chi connectivity index (χ4n) is 3.52. The third-order valence-electron chi connectivity index (χ3n) is 4.94. The smallest absolute Gasteiger partial charge is 0.140 e. The number of H-pyrrole nitrogens is 1. The van der Waals surface area contributed by atoms with Crippen LogP contribution < -0.4 is 0 Å². The number of furan rings is 2. The van der Waals surface area contributed by atoms with Crippen LogP contribution in [0.4, 0.5) is 0 Å². The van der Waals surface area contributed by atoms with Crippen LogP contribution in [0.5, 0.6) is 0 Å². The number of nitrogens with one attached hydrogen (secondary N) is 1. The zero-order valence-electron chi connectivity index (χ0n) is 16.3. The summed E-state index contributed by atoms with van der Waals surface area (Å²) in [5.74, 6) is 0. The fourth-order valence-corrected chi connectivity index (χ4v) is 4.18. The Morgan fingerprint density at radius 3 is 2.19 bits per heavy atom. The van der Waals surface area contributed by atoms with Crippen molar-refractivity contribution >= 4 is 53.9 Å². The van der Waals surface area contributed by atoms with Gasteiger partial charge in [-0.05, 0) is 56.1 Å². The molecule has 0 spiro atoms. The highest BCUT2D eigenvalue weighted by Crippen LogP contribution is 2.31. The summed E-state index contributed by atoms with van der Waals surface area (Å²) in [5, 5.41) is 2.21. The van der Waals surface area contributed by atoms with Crippen molar-refractivity contribution in [2.24, 2.45) is 7.05 Å². The van der Waals surface area contributed by atoms with E-state index in [1.165, 1.54) is 0 Å². The average molecular weight is 540 g/mol. The molecule has 0 aliphatic rings. The van der Waals surface area contributed by atoms with Crippen molar-refractivity contribution in [3.8, 4) is 22.3 Å². The van der Waals surface area contributed by atoms with E-state index in [0.717, 1.165) is 53.3 Å². The van der Waals surface area contributed by atoms with E-state index >= 15 is 0 Å². The molecule has 0 unspecified atom stereocenters. The topological polar surface area (TPSA) is 72.8 Å². The van der Waals surface area contributed by atoms with Crippen LogP contribution in [0, 0.1) is 0 Å². The van der Waals surface area contributed by atoms with Crippen molar-refractivity contribution < 1.29 is 8.83 Å². The normalized spacial score (nSPS) is 11.1. The number of rotatable bonds is 2. The second-order valence-corrected chi connectivity index (χ2v) is 8.79. The predicted octanol–water partition coefficient (Wildman–Crippen LogP) is 7.18. The first-order valence-corrected chi connectivity index (χ1v) is 11.0. The van der Waals surface area contributed by atoms with Gasteiger partial charge in [-0.3, -0.25) is 0 Å². The van der Waals surface area contributed by atoms with Crippen molar-refractivity contribution in [2.45, 2.75) is 0 Å². The maximum atomic E-state index is 5.12. The lowest BCUT2D eigenvalue weighted by atomic mass is 10.1. The Kier molecular flexibility index (Phi) is 5.25. The first-order chi connectivity index (χ1) is 15.1. The summed E-state index contributed by atoms with van der Waals surface area (Å²) < 4.78 is 14.2. The summed E-state index contributed by atoms with van der Waals surface area (Å²) in [6.45, 7) is 0. The van der Waals surface area contributed by atoms with Crippen LogP contribution in [0.2, 0.25) is 0 Å². The van der Waals surface area contributed by atoms with Gasteiger partial charge in [-0.2, -0.15) is 0 Å². The summed E-state index contributed by atoms with van der Waals surface area (Å²) in [7, 11) is 1.99. The Morgan fingerprint density at radius 1 is 0.871 bits per heavy atom. The van der Waals surface area contributed by atoms with Gasteiger partial charge in [0.05, 0.1) is 25.1 Å². The number of aryl methyl sites for hydroxylation is 1. The zero-order valence-corrected chi connectivity index (χ0v) is 19.5. The first-order valence-electron chi connectivity index (χ1n) is 9.38. The summed E-state index contributed by atoms with van der Waals surface area (Å²) in [6, 6.07) is 8.00. The van der Waals surface area contributed by atoms with Gasteiger partial charge >= 0.3 is 0 Å². The van der Waals surface area contributed by atoms with Gasteiger partial charge in [0.25, 0.3) is 0 Å². The van der Waals surface area contributed by atoms with Crippen LogP contribution >= 0.6 is 31.9 Å². The maximum Gasteiger partial charge on any atom is 0.140 e. The molecule has 0 aromatic carbocycles. The van der Waals surface area contributed by atoms with Gasteiger partial charge in [-0.1, -0.05) is 0 Å². The van der Waals surface area contributed by atoms with Crippen molar-refractivity contribution in [1.82, 2.24) is 19.5 Å². The molecule has 6 nitrogen and oxygen atoms in total. The second kappa shape index (κ2) is 8.20. The monoisotopic (exact) mass is 538 g/mol. The van der Waals surface area contributed by atoms with Crippen LogP contribution in [0.25, 0.3) is 44.3 Å². The highest BCUT2D eigenvalue weighted by atomic mass is 79.9. The molecule has 0 radical (unpaired) electrons. The minimum absolute atomic E-state index is 0.884. The van der Waals surface area contributed by atoms with Crippen LogP contribution in [0.3, 0.4) is 0 Å². The number of halogens is 2. The molecule has 0 bridgehead atoms. The van der Waals surface area contributed by atoms with Crippen molar-refractivity contribution in [1.29, 1.82) is 0 Å². The molecule has 0 saturated heterocycles. The number of aromatic nitrogens is 4. The lowest BCUT2D eigenvalue weighted by Crippen LogP contribution is -1.86. The zero-order chi connectivity index (χ0) is 21.4. The van der Waals surface area contributed by atoms with E-state index in [9.17, 15) is 0 Å². The lowest BCUT2D eigenvalue weighted by molar-refractivity contribution is 0.568. The van der Waals surface area contributed by atoms with E-state index in [2.05, 4.69) is 59.1 Å². The standard InChI is InChI=1S/C12H9BrN2O.C11H7BrN2O/c1-15-6-11(8-2-3-16-7-8)10-4-9(13)5-14-12(10)15;12-8-3-9-10(7-1-2-15-6-7)5-14-11(9)13-4-8/h2-7H,1H3;1-6H,(H,13,14). The van der Waals surface area contributed by atoms with Gasteiger partial charge in [-0.15, -0.1) is 0 Å². The SMILES string of the molecule is Brc1cnc2[nH]cc(-c3ccoc3)c2c1.Cn1cc(-c2ccoc2)c2cc(Br)cnc21. The summed E-state index contributed by atoms with van der Waals surface area (Å²) in [6.07, 6.45) is 14.4. The van der Waals surface area contributed by atoms with Gasteiger partial charge in [0.2, 0.25) is 0 Å². The Morgan fingerprint density at radius 2 is 1.52 bits per heavy atom. The predicted molar refractivity (Wildman–Crippen MR) is 128 cm³/mol. The molecule has 0 atom stereocenters. The Labute approximate surface area is 194 Å². The van der Waals surface area contributed by atoms with Crippen LogP contribution in [0.15, 0.2) is 91.9 Å². The Bertz CT molecular complexity index is 1460. The molecule has 0 aliphatic heterocycles. The van der Waals surface area contributed by atoms with Crippen molar-refractivity contribution in [2.75, 3.05) is 0 Å². The van der Waals surface area contributed by atoms with Gasteiger partial charge < -0.3 is 18.4 Å². The van der Waals surface area contributed by atoms with E-state index in [0.29, 0.717) is 0 Å². The van der Waals surface area contributed by atoms with Crippen LogP contribution in [-0.4, -0.2) is 19.5 Å². The largest absolute Gasteiger partial charge is 0.472 e. The number of aromatic amines is 1. The number of pyridine rings is 2.